The quantitative estimate of drug-likeness (QED) is 0.842. The summed E-state index contributed by atoms with van der Waals surface area (Å²) in [5.41, 5.74) is 3.64. The predicted octanol–water partition coefficient (Wildman–Crippen LogP) is 2.75. The Balaban J connectivity index is 1.76. The van der Waals surface area contributed by atoms with Gasteiger partial charge >= 0.3 is 0 Å². The maximum absolute atomic E-state index is 10.9. The number of aliphatic imine (C=N–C) groups is 1. The second-order valence-electron chi connectivity index (χ2n) is 6.36. The summed E-state index contributed by atoms with van der Waals surface area (Å²) >= 11 is 0. The number of rotatable bonds is 3. The number of aromatic nitrogens is 1. The van der Waals surface area contributed by atoms with Crippen LogP contribution in [0.25, 0.3) is 0 Å². The Morgan fingerprint density at radius 1 is 1.33 bits per heavy atom. The number of anilines is 1. The molecule has 1 unspecified atom stereocenters. The average molecular weight is 362 g/mol. The molecule has 136 valence electrons. The van der Waals surface area contributed by atoms with Gasteiger partial charge in [0.25, 0.3) is 0 Å². The van der Waals surface area contributed by atoms with E-state index in [1.54, 1.807) is 24.4 Å². The molecule has 0 bridgehead atoms. The van der Waals surface area contributed by atoms with Crippen LogP contribution in [-0.2, 0) is 11.2 Å². The molecule has 0 amide bonds. The molecule has 0 radical (unpaired) electrons. The molecule has 1 aromatic carbocycles. The molecule has 1 fully saturated rings. The molecule has 2 aliphatic rings. The molecule has 27 heavy (non-hydrogen) atoms. The number of hydrogen-bond acceptors (Lipinski definition) is 8. The smallest absolute Gasteiger partial charge is 0.154 e. The number of morpholine rings is 1. The summed E-state index contributed by atoms with van der Waals surface area (Å²) in [6.07, 6.45) is 1.65. The molecular formula is C19H18N6O2. The number of nitrogens with zero attached hydrogens (tertiary/aromatic N) is 5. The van der Waals surface area contributed by atoms with Crippen molar-refractivity contribution in [2.24, 2.45) is 10.2 Å². The maximum atomic E-state index is 10.9. The first kappa shape index (κ1) is 17.1. The van der Waals surface area contributed by atoms with E-state index in [0.29, 0.717) is 25.3 Å². The van der Waals surface area contributed by atoms with Crippen molar-refractivity contribution in [2.45, 2.75) is 12.6 Å². The zero-order chi connectivity index (χ0) is 18.6. The second-order valence-corrected chi connectivity index (χ2v) is 6.36. The van der Waals surface area contributed by atoms with E-state index in [-0.39, 0.29) is 6.17 Å². The molecule has 8 nitrogen and oxygen atoms in total. The standard InChI is InChI=1S/C19H18N6O2/c20-5-4-13-10-16-17(21-12-13)19(25-6-8-27-9-7-25)23-18(22-16)14-2-1-3-15(11-14)24-26/h1-3,10-12,18,22H,4,6-9H2. The third-order valence-corrected chi connectivity index (χ3v) is 4.58. The molecule has 2 aromatic rings. The van der Waals surface area contributed by atoms with Crippen molar-refractivity contribution in [1.82, 2.24) is 9.88 Å². The lowest BCUT2D eigenvalue weighted by molar-refractivity contribution is 0.0679. The SMILES string of the molecule is N#CCc1cnc2c(c1)NC(c1cccc(N=O)c1)N=C2N1CCOCC1. The minimum atomic E-state index is -0.365. The molecule has 0 spiro atoms. The Kier molecular flexibility index (Phi) is 4.77. The van der Waals surface area contributed by atoms with Crippen molar-refractivity contribution in [3.05, 3.63) is 58.3 Å². The molecule has 8 heteroatoms. The fraction of sp³-hybridized carbons (Fsp3) is 0.316. The highest BCUT2D eigenvalue weighted by atomic mass is 16.5. The van der Waals surface area contributed by atoms with Crippen LogP contribution in [0.4, 0.5) is 11.4 Å². The number of hydrogen-bond donors (Lipinski definition) is 1. The van der Waals surface area contributed by atoms with Crippen LogP contribution < -0.4 is 5.32 Å². The molecule has 4 rings (SSSR count). The van der Waals surface area contributed by atoms with Crippen LogP contribution in [-0.4, -0.2) is 42.0 Å². The number of fused-ring (bicyclic) bond motifs is 1. The summed E-state index contributed by atoms with van der Waals surface area (Å²) in [5.74, 6) is 0.796. The lowest BCUT2D eigenvalue weighted by atomic mass is 10.1. The van der Waals surface area contributed by atoms with E-state index < -0.39 is 0 Å². The van der Waals surface area contributed by atoms with E-state index in [2.05, 4.69) is 26.4 Å². The van der Waals surface area contributed by atoms with Crippen molar-refractivity contribution in [3.63, 3.8) is 0 Å². The maximum Gasteiger partial charge on any atom is 0.154 e. The first-order chi connectivity index (χ1) is 13.3. The van der Waals surface area contributed by atoms with E-state index in [0.717, 1.165) is 41.4 Å². The first-order valence-electron chi connectivity index (χ1n) is 8.75. The Labute approximate surface area is 156 Å². The van der Waals surface area contributed by atoms with Gasteiger partial charge in [-0.05, 0) is 34.5 Å². The summed E-state index contributed by atoms with van der Waals surface area (Å²) in [5, 5.41) is 15.4. The highest BCUT2D eigenvalue weighted by Crippen LogP contribution is 2.32. The lowest BCUT2D eigenvalue weighted by Gasteiger charge is -2.34. The van der Waals surface area contributed by atoms with Crippen LogP contribution in [0.1, 0.15) is 23.0 Å². The van der Waals surface area contributed by atoms with Crippen molar-refractivity contribution in [1.29, 1.82) is 5.26 Å². The molecule has 1 aromatic heterocycles. The van der Waals surface area contributed by atoms with E-state index in [4.69, 9.17) is 15.0 Å². The first-order valence-corrected chi connectivity index (χ1v) is 8.75. The Morgan fingerprint density at radius 3 is 2.96 bits per heavy atom. The van der Waals surface area contributed by atoms with Gasteiger partial charge in [0, 0.05) is 19.3 Å². The Bertz CT molecular complexity index is 930. The highest BCUT2D eigenvalue weighted by Gasteiger charge is 2.28. The number of pyridine rings is 1. The van der Waals surface area contributed by atoms with E-state index in [9.17, 15) is 4.91 Å². The number of benzene rings is 1. The fourth-order valence-electron chi connectivity index (χ4n) is 3.26. The zero-order valence-electron chi connectivity index (χ0n) is 14.6. The molecule has 1 N–H and O–H groups in total. The summed E-state index contributed by atoms with van der Waals surface area (Å²) in [6, 6.07) is 11.2. The van der Waals surface area contributed by atoms with E-state index in [1.165, 1.54) is 0 Å². The van der Waals surface area contributed by atoms with Crippen LogP contribution in [0.2, 0.25) is 0 Å². The van der Waals surface area contributed by atoms with E-state index in [1.807, 2.05) is 12.1 Å². The van der Waals surface area contributed by atoms with Crippen LogP contribution in [0.5, 0.6) is 0 Å². The third-order valence-electron chi connectivity index (χ3n) is 4.58. The minimum Gasteiger partial charge on any atom is -0.378 e. The van der Waals surface area contributed by atoms with Gasteiger partial charge in [-0.1, -0.05) is 12.1 Å². The Morgan fingerprint density at radius 2 is 2.19 bits per heavy atom. The van der Waals surface area contributed by atoms with Gasteiger partial charge in [0.05, 0.1) is 31.4 Å². The molecule has 0 saturated carbocycles. The third kappa shape index (κ3) is 3.50. The van der Waals surface area contributed by atoms with Gasteiger partial charge in [-0.15, -0.1) is 4.91 Å². The normalized spacial score (nSPS) is 18.7. The van der Waals surface area contributed by atoms with E-state index >= 15 is 0 Å². The summed E-state index contributed by atoms with van der Waals surface area (Å²) in [6.45, 7) is 2.76. The van der Waals surface area contributed by atoms with Gasteiger partial charge in [-0.2, -0.15) is 5.26 Å². The second kappa shape index (κ2) is 7.51. The largest absolute Gasteiger partial charge is 0.378 e. The number of amidine groups is 1. The molecule has 3 heterocycles. The van der Waals surface area contributed by atoms with Crippen LogP contribution >= 0.6 is 0 Å². The van der Waals surface area contributed by atoms with Crippen LogP contribution in [0, 0.1) is 16.2 Å². The fourth-order valence-corrected chi connectivity index (χ4v) is 3.26. The highest BCUT2D eigenvalue weighted by molar-refractivity contribution is 6.03. The molecule has 1 atom stereocenters. The van der Waals surface area contributed by atoms with Crippen molar-refractivity contribution >= 4 is 17.2 Å². The van der Waals surface area contributed by atoms with Gasteiger partial charge < -0.3 is 15.0 Å². The minimum absolute atomic E-state index is 0.293. The van der Waals surface area contributed by atoms with Gasteiger partial charge in [0.15, 0.2) is 5.84 Å². The average Bonchev–Trinajstić information content (AvgIpc) is 2.73. The van der Waals surface area contributed by atoms with Gasteiger partial charge in [-0.25, -0.2) is 4.99 Å². The lowest BCUT2D eigenvalue weighted by Crippen LogP contribution is -2.43. The molecule has 1 saturated heterocycles. The van der Waals surface area contributed by atoms with Crippen LogP contribution in [0.15, 0.2) is 46.7 Å². The van der Waals surface area contributed by atoms with Crippen molar-refractivity contribution < 1.29 is 4.74 Å². The Hall–Kier alpha value is -3.31. The van der Waals surface area contributed by atoms with Crippen molar-refractivity contribution in [2.75, 3.05) is 31.6 Å². The van der Waals surface area contributed by atoms with Gasteiger partial charge in [-0.3, -0.25) is 4.98 Å². The summed E-state index contributed by atoms with van der Waals surface area (Å²) < 4.78 is 5.46. The number of nitriles is 1. The zero-order valence-corrected chi connectivity index (χ0v) is 14.6. The number of nitrogens with one attached hydrogen (secondary N) is 1. The van der Waals surface area contributed by atoms with Gasteiger partial charge in [0.1, 0.15) is 17.5 Å². The number of ether oxygens (including phenoxy) is 1. The monoisotopic (exact) mass is 362 g/mol. The predicted molar refractivity (Wildman–Crippen MR) is 101 cm³/mol. The van der Waals surface area contributed by atoms with Gasteiger partial charge in [0.2, 0.25) is 0 Å². The molecular weight excluding hydrogens is 344 g/mol. The molecule has 2 aliphatic heterocycles. The summed E-state index contributed by atoms with van der Waals surface area (Å²) in [7, 11) is 0. The van der Waals surface area contributed by atoms with Crippen LogP contribution in [0.3, 0.4) is 0 Å². The topological polar surface area (TPSA) is 103 Å². The molecule has 0 aliphatic carbocycles. The number of nitroso groups, excluding NO2 is 1. The van der Waals surface area contributed by atoms with Crippen molar-refractivity contribution in [3.8, 4) is 6.07 Å². The summed E-state index contributed by atoms with van der Waals surface area (Å²) in [4.78, 5) is 22.5.